The molecule has 0 spiro atoms. The lowest BCUT2D eigenvalue weighted by atomic mass is 9.84. The van der Waals surface area contributed by atoms with Crippen LogP contribution in [-0.2, 0) is 14.9 Å². The maximum absolute atomic E-state index is 13.2. The van der Waals surface area contributed by atoms with Crippen molar-refractivity contribution in [3.05, 3.63) is 35.6 Å². The van der Waals surface area contributed by atoms with Gasteiger partial charge in [-0.25, -0.2) is 4.39 Å². The van der Waals surface area contributed by atoms with E-state index in [9.17, 15) is 4.39 Å². The standard InChI is InChI=1S/C21H34FN3O2.HI/c1-21(2,17-6-8-18(22)9-7-17)16-24-20(23-3)25-12-10-19(11-13-25)27-15-5-14-26-4;/h6-9,19H,5,10-16H2,1-4H3,(H,23,24);1H. The summed E-state index contributed by atoms with van der Waals surface area (Å²) in [5, 5.41) is 3.49. The van der Waals surface area contributed by atoms with Gasteiger partial charge >= 0.3 is 0 Å². The number of aliphatic imine (C=N–C) groups is 1. The third-order valence-corrected chi connectivity index (χ3v) is 5.11. The lowest BCUT2D eigenvalue weighted by molar-refractivity contribution is 0.00987. The Hall–Kier alpha value is -0.930. The van der Waals surface area contributed by atoms with Gasteiger partial charge in [-0.2, -0.15) is 0 Å². The number of hydrogen-bond donors (Lipinski definition) is 1. The zero-order valence-corrected chi connectivity index (χ0v) is 19.9. The van der Waals surface area contributed by atoms with Crippen molar-refractivity contribution in [2.24, 2.45) is 4.99 Å². The zero-order valence-electron chi connectivity index (χ0n) is 17.5. The molecule has 1 heterocycles. The second-order valence-corrected chi connectivity index (χ2v) is 7.70. The van der Waals surface area contributed by atoms with E-state index in [4.69, 9.17) is 9.47 Å². The van der Waals surface area contributed by atoms with Crippen LogP contribution in [0, 0.1) is 5.82 Å². The summed E-state index contributed by atoms with van der Waals surface area (Å²) in [6.45, 7) is 8.42. The van der Waals surface area contributed by atoms with Crippen molar-refractivity contribution in [2.45, 2.75) is 44.6 Å². The Labute approximate surface area is 186 Å². The first-order valence-electron chi connectivity index (χ1n) is 9.78. The zero-order chi connectivity index (χ0) is 19.7. The second kappa shape index (κ2) is 12.6. The van der Waals surface area contributed by atoms with E-state index in [0.29, 0.717) is 6.10 Å². The number of benzene rings is 1. The molecule has 0 radical (unpaired) electrons. The van der Waals surface area contributed by atoms with Crippen molar-refractivity contribution >= 4 is 29.9 Å². The summed E-state index contributed by atoms with van der Waals surface area (Å²) in [4.78, 5) is 6.74. The van der Waals surface area contributed by atoms with Crippen LogP contribution in [0.1, 0.15) is 38.7 Å². The summed E-state index contributed by atoms with van der Waals surface area (Å²) in [5.74, 6) is 0.716. The average molecular weight is 507 g/mol. The molecule has 5 nitrogen and oxygen atoms in total. The third-order valence-electron chi connectivity index (χ3n) is 5.11. The van der Waals surface area contributed by atoms with Crippen LogP contribution in [0.5, 0.6) is 0 Å². The van der Waals surface area contributed by atoms with Crippen LogP contribution in [0.25, 0.3) is 0 Å². The first kappa shape index (κ1) is 25.1. The molecule has 0 amide bonds. The van der Waals surface area contributed by atoms with Crippen LogP contribution < -0.4 is 5.32 Å². The molecule has 1 aromatic carbocycles. The number of nitrogens with one attached hydrogen (secondary N) is 1. The molecule has 1 N–H and O–H groups in total. The van der Waals surface area contributed by atoms with E-state index in [2.05, 4.69) is 29.1 Å². The van der Waals surface area contributed by atoms with Gasteiger partial charge in [0.15, 0.2) is 5.96 Å². The number of likely N-dealkylation sites (tertiary alicyclic amines) is 1. The third kappa shape index (κ3) is 7.83. The van der Waals surface area contributed by atoms with Gasteiger partial charge in [0.1, 0.15) is 5.82 Å². The predicted molar refractivity (Wildman–Crippen MR) is 123 cm³/mol. The number of rotatable bonds is 8. The maximum atomic E-state index is 13.2. The lowest BCUT2D eigenvalue weighted by Crippen LogP contribution is -2.49. The summed E-state index contributed by atoms with van der Waals surface area (Å²) in [6, 6.07) is 6.74. The van der Waals surface area contributed by atoms with Gasteiger partial charge < -0.3 is 19.7 Å². The van der Waals surface area contributed by atoms with Crippen molar-refractivity contribution < 1.29 is 13.9 Å². The van der Waals surface area contributed by atoms with Gasteiger partial charge in [-0.1, -0.05) is 26.0 Å². The van der Waals surface area contributed by atoms with Crippen molar-refractivity contribution in [2.75, 3.05) is 47.0 Å². The van der Waals surface area contributed by atoms with E-state index in [1.807, 2.05) is 19.2 Å². The Balaban J connectivity index is 0.00000392. The molecule has 0 saturated carbocycles. The molecule has 2 rings (SSSR count). The molecule has 0 bridgehead atoms. The molecular formula is C21H35FIN3O2. The van der Waals surface area contributed by atoms with Crippen LogP contribution in [-0.4, -0.2) is 64.0 Å². The van der Waals surface area contributed by atoms with Crippen molar-refractivity contribution in [3.63, 3.8) is 0 Å². The molecule has 0 unspecified atom stereocenters. The van der Waals surface area contributed by atoms with Crippen LogP contribution in [0.3, 0.4) is 0 Å². The van der Waals surface area contributed by atoms with E-state index in [0.717, 1.165) is 63.6 Å². The van der Waals surface area contributed by atoms with Crippen molar-refractivity contribution in [1.29, 1.82) is 0 Å². The van der Waals surface area contributed by atoms with E-state index in [1.54, 1.807) is 7.11 Å². The Bertz CT molecular complexity index is 588. The minimum Gasteiger partial charge on any atom is -0.385 e. The van der Waals surface area contributed by atoms with Gasteiger partial charge in [0.05, 0.1) is 6.10 Å². The molecule has 28 heavy (non-hydrogen) atoms. The molecule has 7 heteroatoms. The molecule has 160 valence electrons. The summed E-state index contributed by atoms with van der Waals surface area (Å²) in [6.07, 6.45) is 3.29. The average Bonchev–Trinajstić information content (AvgIpc) is 2.67. The number of halogens is 2. The van der Waals surface area contributed by atoms with Gasteiger partial charge in [-0.3, -0.25) is 4.99 Å². The second-order valence-electron chi connectivity index (χ2n) is 7.70. The molecule has 0 aromatic heterocycles. The van der Waals surface area contributed by atoms with Gasteiger partial charge in [0.25, 0.3) is 0 Å². The van der Waals surface area contributed by atoms with Crippen LogP contribution in [0.4, 0.5) is 4.39 Å². The van der Waals surface area contributed by atoms with E-state index >= 15 is 0 Å². The number of guanidine groups is 1. The Morgan fingerprint density at radius 1 is 1.21 bits per heavy atom. The quantitative estimate of drug-likeness (QED) is 0.252. The molecule has 0 atom stereocenters. The largest absolute Gasteiger partial charge is 0.385 e. The van der Waals surface area contributed by atoms with E-state index < -0.39 is 0 Å². The Morgan fingerprint density at radius 2 is 1.86 bits per heavy atom. The van der Waals surface area contributed by atoms with Gasteiger partial charge in [-0.15, -0.1) is 24.0 Å². The topological polar surface area (TPSA) is 46.1 Å². The molecule has 1 fully saturated rings. The SMILES string of the molecule is CN=C(NCC(C)(C)c1ccc(F)cc1)N1CCC(OCCCOC)CC1.I. The highest BCUT2D eigenvalue weighted by molar-refractivity contribution is 14.0. The monoisotopic (exact) mass is 507 g/mol. The first-order chi connectivity index (χ1) is 13.0. The van der Waals surface area contributed by atoms with Crippen LogP contribution >= 0.6 is 24.0 Å². The molecule has 1 aliphatic rings. The normalized spacial score (nSPS) is 16.0. The summed E-state index contributed by atoms with van der Waals surface area (Å²) >= 11 is 0. The van der Waals surface area contributed by atoms with Crippen molar-refractivity contribution in [3.8, 4) is 0 Å². The molecular weight excluding hydrogens is 472 g/mol. The summed E-state index contributed by atoms with van der Waals surface area (Å²) in [7, 11) is 3.54. The van der Waals surface area contributed by atoms with Crippen LogP contribution in [0.15, 0.2) is 29.3 Å². The predicted octanol–water partition coefficient (Wildman–Crippen LogP) is 3.81. The highest BCUT2D eigenvalue weighted by atomic mass is 127. The highest BCUT2D eigenvalue weighted by Crippen LogP contribution is 2.23. The fourth-order valence-corrected chi connectivity index (χ4v) is 3.32. The minimum absolute atomic E-state index is 0. The number of nitrogens with zero attached hydrogens (tertiary/aromatic N) is 2. The summed E-state index contributed by atoms with van der Waals surface area (Å²) in [5.41, 5.74) is 0.988. The smallest absolute Gasteiger partial charge is 0.193 e. The fraction of sp³-hybridized carbons (Fsp3) is 0.667. The molecule has 1 saturated heterocycles. The summed E-state index contributed by atoms with van der Waals surface area (Å²) < 4.78 is 24.2. The molecule has 0 aliphatic carbocycles. The Kier molecular flexibility index (Phi) is 11.3. The van der Waals surface area contributed by atoms with Gasteiger partial charge in [0.2, 0.25) is 0 Å². The van der Waals surface area contributed by atoms with Crippen LogP contribution in [0.2, 0.25) is 0 Å². The van der Waals surface area contributed by atoms with Crippen molar-refractivity contribution in [1.82, 2.24) is 10.2 Å². The van der Waals surface area contributed by atoms with Gasteiger partial charge in [-0.05, 0) is 37.0 Å². The van der Waals surface area contributed by atoms with E-state index in [1.165, 1.54) is 12.1 Å². The first-order valence-corrected chi connectivity index (χ1v) is 9.78. The number of hydrogen-bond acceptors (Lipinski definition) is 3. The molecule has 1 aliphatic heterocycles. The van der Waals surface area contributed by atoms with E-state index in [-0.39, 0.29) is 35.2 Å². The fourth-order valence-electron chi connectivity index (χ4n) is 3.32. The maximum Gasteiger partial charge on any atom is 0.193 e. The lowest BCUT2D eigenvalue weighted by Gasteiger charge is -2.35. The molecule has 1 aromatic rings. The number of piperidine rings is 1. The number of methoxy groups -OCH3 is 1. The number of ether oxygens (including phenoxy) is 2. The minimum atomic E-state index is -0.203. The Morgan fingerprint density at radius 3 is 2.43 bits per heavy atom. The van der Waals surface area contributed by atoms with Gasteiger partial charge in [0, 0.05) is 52.4 Å². The highest BCUT2D eigenvalue weighted by Gasteiger charge is 2.25.